The van der Waals surface area contributed by atoms with E-state index in [1.165, 1.54) is 32.2 Å². The standard InChI is InChI=1S/C16H20O7S/c1-9(17)24-6-5-12(18)15(21)11-7-10(3-4-14(19)20)8-13(23-2)16(11)22/h3-4,7-8,12,15,18,21-22H,5-6H2,1-2H3,(H,19,20). The smallest absolute Gasteiger partial charge is 0.328 e. The molecule has 0 heterocycles. The van der Waals surface area contributed by atoms with Crippen molar-refractivity contribution in [3.63, 3.8) is 0 Å². The minimum Gasteiger partial charge on any atom is -0.504 e. The van der Waals surface area contributed by atoms with Crippen LogP contribution in [0.4, 0.5) is 0 Å². The third kappa shape index (κ3) is 5.88. The number of thioether (sulfide) groups is 1. The van der Waals surface area contributed by atoms with Crippen LogP contribution in [-0.2, 0) is 9.59 Å². The molecule has 8 heteroatoms. The molecule has 0 radical (unpaired) electrons. The first-order valence-electron chi connectivity index (χ1n) is 7.07. The zero-order chi connectivity index (χ0) is 18.3. The summed E-state index contributed by atoms with van der Waals surface area (Å²) in [5, 5.41) is 39.0. The molecular formula is C16H20O7S. The lowest BCUT2D eigenvalue weighted by molar-refractivity contribution is -0.131. The molecule has 0 saturated carbocycles. The quantitative estimate of drug-likeness (QED) is 0.517. The lowest BCUT2D eigenvalue weighted by Crippen LogP contribution is -2.19. The van der Waals surface area contributed by atoms with Gasteiger partial charge in [0.1, 0.15) is 6.10 Å². The number of aliphatic hydroxyl groups is 2. The maximum Gasteiger partial charge on any atom is 0.328 e. The van der Waals surface area contributed by atoms with E-state index < -0.39 is 18.2 Å². The van der Waals surface area contributed by atoms with Gasteiger partial charge in [-0.05, 0) is 30.2 Å². The number of aliphatic hydroxyl groups excluding tert-OH is 2. The predicted molar refractivity (Wildman–Crippen MR) is 90.1 cm³/mol. The fourth-order valence-electron chi connectivity index (χ4n) is 1.98. The second kappa shape index (κ2) is 9.31. The first-order valence-corrected chi connectivity index (χ1v) is 8.06. The Morgan fingerprint density at radius 3 is 2.54 bits per heavy atom. The van der Waals surface area contributed by atoms with Crippen molar-refractivity contribution in [2.24, 2.45) is 0 Å². The van der Waals surface area contributed by atoms with Crippen LogP contribution in [0.3, 0.4) is 0 Å². The molecule has 1 aromatic rings. The van der Waals surface area contributed by atoms with E-state index in [4.69, 9.17) is 9.84 Å². The summed E-state index contributed by atoms with van der Waals surface area (Å²) in [6.45, 7) is 1.41. The van der Waals surface area contributed by atoms with Gasteiger partial charge in [0, 0.05) is 24.3 Å². The third-order valence-corrected chi connectivity index (χ3v) is 4.01. The zero-order valence-electron chi connectivity index (χ0n) is 13.3. The molecule has 0 bridgehead atoms. The van der Waals surface area contributed by atoms with Gasteiger partial charge in [0.15, 0.2) is 16.6 Å². The second-order valence-electron chi connectivity index (χ2n) is 4.97. The van der Waals surface area contributed by atoms with Crippen LogP contribution in [0.5, 0.6) is 11.5 Å². The molecule has 0 saturated heterocycles. The minimum atomic E-state index is -1.41. The van der Waals surface area contributed by atoms with Gasteiger partial charge in [0.05, 0.1) is 13.2 Å². The summed E-state index contributed by atoms with van der Waals surface area (Å²) in [5.41, 5.74) is 0.395. The van der Waals surface area contributed by atoms with Gasteiger partial charge in [-0.15, -0.1) is 0 Å². The third-order valence-electron chi connectivity index (χ3n) is 3.17. The molecule has 0 aliphatic carbocycles. The van der Waals surface area contributed by atoms with Gasteiger partial charge in [0.2, 0.25) is 0 Å². The average Bonchev–Trinajstić information content (AvgIpc) is 2.52. The van der Waals surface area contributed by atoms with E-state index in [1.807, 2.05) is 0 Å². The largest absolute Gasteiger partial charge is 0.504 e. The summed E-state index contributed by atoms with van der Waals surface area (Å²) in [4.78, 5) is 21.5. The normalized spacial score (nSPS) is 13.7. The van der Waals surface area contributed by atoms with Gasteiger partial charge in [-0.3, -0.25) is 4.79 Å². The summed E-state index contributed by atoms with van der Waals surface area (Å²) in [5.74, 6) is -1.12. The molecule has 4 N–H and O–H groups in total. The maximum atomic E-state index is 10.9. The van der Waals surface area contributed by atoms with E-state index in [2.05, 4.69) is 0 Å². The van der Waals surface area contributed by atoms with E-state index >= 15 is 0 Å². The van der Waals surface area contributed by atoms with Crippen LogP contribution >= 0.6 is 11.8 Å². The minimum absolute atomic E-state index is 0.0136. The molecule has 7 nitrogen and oxygen atoms in total. The molecule has 0 aliphatic heterocycles. The number of aromatic hydroxyl groups is 1. The molecule has 0 aliphatic rings. The van der Waals surface area contributed by atoms with Gasteiger partial charge in [-0.1, -0.05) is 11.8 Å². The Hall–Kier alpha value is -2.03. The molecule has 2 atom stereocenters. The van der Waals surface area contributed by atoms with Gasteiger partial charge >= 0.3 is 5.97 Å². The molecule has 0 aromatic heterocycles. The number of phenols is 1. The summed E-state index contributed by atoms with van der Waals surface area (Å²) < 4.78 is 5.00. The van der Waals surface area contributed by atoms with Crippen molar-refractivity contribution in [2.75, 3.05) is 12.9 Å². The molecule has 24 heavy (non-hydrogen) atoms. The number of phenolic OH excluding ortho intramolecular Hbond substituents is 1. The van der Waals surface area contributed by atoms with Crippen molar-refractivity contribution in [1.29, 1.82) is 0 Å². The van der Waals surface area contributed by atoms with Crippen LogP contribution in [0.15, 0.2) is 18.2 Å². The van der Waals surface area contributed by atoms with Crippen molar-refractivity contribution in [2.45, 2.75) is 25.6 Å². The number of carbonyl (C=O) groups is 2. The number of carbonyl (C=O) groups excluding carboxylic acids is 1. The number of hydrogen-bond acceptors (Lipinski definition) is 7. The summed E-state index contributed by atoms with van der Waals surface area (Å²) in [6, 6.07) is 2.77. The second-order valence-corrected chi connectivity index (χ2v) is 6.25. The highest BCUT2D eigenvalue weighted by atomic mass is 32.2. The maximum absolute atomic E-state index is 10.9. The fourth-order valence-corrected chi connectivity index (χ4v) is 2.63. The van der Waals surface area contributed by atoms with Gasteiger partial charge in [-0.25, -0.2) is 4.79 Å². The molecule has 0 spiro atoms. The number of ether oxygens (including phenoxy) is 1. The van der Waals surface area contributed by atoms with Gasteiger partial charge < -0.3 is 25.2 Å². The molecule has 1 rings (SSSR count). The molecule has 1 aromatic carbocycles. The van der Waals surface area contributed by atoms with E-state index in [-0.39, 0.29) is 28.6 Å². The zero-order valence-corrected chi connectivity index (χ0v) is 14.1. The molecule has 132 valence electrons. The highest BCUT2D eigenvalue weighted by Crippen LogP contribution is 2.37. The topological polar surface area (TPSA) is 124 Å². The van der Waals surface area contributed by atoms with E-state index in [0.29, 0.717) is 11.3 Å². The van der Waals surface area contributed by atoms with Crippen molar-refractivity contribution in [3.05, 3.63) is 29.3 Å². The Balaban J connectivity index is 3.04. The van der Waals surface area contributed by atoms with E-state index in [1.54, 1.807) is 0 Å². The Morgan fingerprint density at radius 1 is 1.33 bits per heavy atom. The van der Waals surface area contributed by atoms with Crippen LogP contribution in [0.1, 0.15) is 30.6 Å². The van der Waals surface area contributed by atoms with Crippen molar-refractivity contribution < 1.29 is 34.8 Å². The number of methoxy groups -OCH3 is 1. The molecular weight excluding hydrogens is 336 g/mol. The lowest BCUT2D eigenvalue weighted by atomic mass is 9.98. The highest BCUT2D eigenvalue weighted by Gasteiger charge is 2.24. The summed E-state index contributed by atoms with van der Waals surface area (Å²) >= 11 is 1.02. The van der Waals surface area contributed by atoms with Crippen LogP contribution in [0, 0.1) is 0 Å². The predicted octanol–water partition coefficient (Wildman–Crippen LogP) is 1.56. The van der Waals surface area contributed by atoms with E-state index in [0.717, 1.165) is 17.8 Å². The Labute approximate surface area is 143 Å². The number of rotatable bonds is 8. The fraction of sp³-hybridized carbons (Fsp3) is 0.375. The number of aliphatic carboxylic acids is 1. The first-order chi connectivity index (χ1) is 11.3. The van der Waals surface area contributed by atoms with Crippen LogP contribution in [-0.4, -0.2) is 50.5 Å². The monoisotopic (exact) mass is 356 g/mol. The van der Waals surface area contributed by atoms with Crippen molar-refractivity contribution in [1.82, 2.24) is 0 Å². The molecule has 2 unspecified atom stereocenters. The number of carboxylic acid groups (broad SMARTS) is 1. The number of hydrogen-bond donors (Lipinski definition) is 4. The Kier molecular flexibility index (Phi) is 7.76. The highest BCUT2D eigenvalue weighted by molar-refractivity contribution is 8.13. The van der Waals surface area contributed by atoms with Crippen LogP contribution in [0.25, 0.3) is 6.08 Å². The Morgan fingerprint density at radius 2 is 2.00 bits per heavy atom. The SMILES string of the molecule is COc1cc(C=CC(=O)O)cc(C(O)C(O)CCSC(C)=O)c1O. The van der Waals surface area contributed by atoms with Gasteiger partial charge in [0.25, 0.3) is 0 Å². The van der Waals surface area contributed by atoms with Crippen molar-refractivity contribution >= 4 is 28.9 Å². The molecule has 0 amide bonds. The first kappa shape index (κ1) is 20.0. The average molecular weight is 356 g/mol. The lowest BCUT2D eigenvalue weighted by Gasteiger charge is -2.20. The number of benzene rings is 1. The molecule has 0 fully saturated rings. The summed E-state index contributed by atoms with van der Waals surface area (Å²) in [7, 11) is 1.32. The Bertz CT molecular complexity index is 627. The van der Waals surface area contributed by atoms with Crippen LogP contribution in [0.2, 0.25) is 0 Å². The van der Waals surface area contributed by atoms with Crippen molar-refractivity contribution in [3.8, 4) is 11.5 Å². The number of carboxylic acids is 1. The van der Waals surface area contributed by atoms with E-state index in [9.17, 15) is 24.9 Å². The summed E-state index contributed by atoms with van der Waals surface area (Å²) in [6.07, 6.45) is -0.293. The van der Waals surface area contributed by atoms with Gasteiger partial charge in [-0.2, -0.15) is 0 Å². The van der Waals surface area contributed by atoms with Crippen LogP contribution < -0.4 is 4.74 Å².